The maximum atomic E-state index is 12.5. The number of sulfone groups is 1. The van der Waals surface area contributed by atoms with Crippen molar-refractivity contribution in [3.8, 4) is 11.5 Å². The molecule has 0 aliphatic carbocycles. The lowest BCUT2D eigenvalue weighted by molar-refractivity contribution is 0.0941. The Hall–Kier alpha value is -2.84. The Balaban J connectivity index is 1.61. The van der Waals surface area contributed by atoms with E-state index < -0.39 is 9.84 Å². The molecule has 0 bridgehead atoms. The SMILES string of the molecule is CCc1nn(C)c(C(=O)NCc2ccc(Oc3ccc(S(C)(=O)=O)cc3)cc2)c1Cl. The average Bonchev–Trinajstić information content (AvgIpc) is 3.00. The van der Waals surface area contributed by atoms with Gasteiger partial charge in [0.05, 0.1) is 15.6 Å². The predicted molar refractivity (Wildman–Crippen MR) is 115 cm³/mol. The van der Waals surface area contributed by atoms with Gasteiger partial charge in [-0.2, -0.15) is 5.10 Å². The Bertz CT molecular complexity index is 1150. The van der Waals surface area contributed by atoms with Crippen molar-refractivity contribution in [1.82, 2.24) is 15.1 Å². The van der Waals surface area contributed by atoms with Crippen molar-refractivity contribution in [3.05, 3.63) is 70.5 Å². The Labute approximate surface area is 180 Å². The molecule has 0 unspecified atom stereocenters. The number of aryl methyl sites for hydroxylation is 2. The predicted octanol–water partition coefficient (Wildman–Crippen LogP) is 3.76. The van der Waals surface area contributed by atoms with Gasteiger partial charge in [-0.3, -0.25) is 9.48 Å². The highest BCUT2D eigenvalue weighted by atomic mass is 35.5. The van der Waals surface area contributed by atoms with Crippen molar-refractivity contribution in [2.75, 3.05) is 6.26 Å². The second-order valence-corrected chi connectivity index (χ2v) is 9.15. The van der Waals surface area contributed by atoms with Crippen molar-refractivity contribution < 1.29 is 17.9 Å². The first-order valence-electron chi connectivity index (χ1n) is 9.25. The van der Waals surface area contributed by atoms with Crippen molar-refractivity contribution >= 4 is 27.3 Å². The van der Waals surface area contributed by atoms with E-state index in [2.05, 4.69) is 10.4 Å². The van der Waals surface area contributed by atoms with E-state index in [1.807, 2.05) is 19.1 Å². The summed E-state index contributed by atoms with van der Waals surface area (Å²) in [7, 11) is -1.55. The van der Waals surface area contributed by atoms with Gasteiger partial charge in [0.2, 0.25) is 0 Å². The van der Waals surface area contributed by atoms with Gasteiger partial charge in [-0.1, -0.05) is 30.7 Å². The van der Waals surface area contributed by atoms with Crippen LogP contribution in [0.3, 0.4) is 0 Å². The van der Waals surface area contributed by atoms with E-state index in [-0.39, 0.29) is 10.8 Å². The fourth-order valence-corrected chi connectivity index (χ4v) is 3.87. The number of benzene rings is 2. The molecule has 7 nitrogen and oxygen atoms in total. The van der Waals surface area contributed by atoms with E-state index in [4.69, 9.17) is 16.3 Å². The van der Waals surface area contributed by atoms with Crippen LogP contribution in [0.25, 0.3) is 0 Å². The molecule has 0 radical (unpaired) electrons. The third-order valence-electron chi connectivity index (χ3n) is 4.47. The van der Waals surface area contributed by atoms with Crippen LogP contribution in [0.15, 0.2) is 53.4 Å². The smallest absolute Gasteiger partial charge is 0.271 e. The monoisotopic (exact) mass is 447 g/mol. The number of nitrogens with one attached hydrogen (secondary N) is 1. The molecule has 1 N–H and O–H groups in total. The molecule has 1 aromatic heterocycles. The van der Waals surface area contributed by atoms with Gasteiger partial charge < -0.3 is 10.1 Å². The average molecular weight is 448 g/mol. The van der Waals surface area contributed by atoms with Gasteiger partial charge in [-0.05, 0) is 48.4 Å². The molecule has 9 heteroatoms. The van der Waals surface area contributed by atoms with Crippen LogP contribution in [0.1, 0.15) is 28.7 Å². The molecule has 3 aromatic rings. The number of ether oxygens (including phenoxy) is 1. The molecule has 0 saturated carbocycles. The maximum Gasteiger partial charge on any atom is 0.271 e. The summed E-state index contributed by atoms with van der Waals surface area (Å²) >= 11 is 6.24. The molecule has 1 heterocycles. The zero-order valence-electron chi connectivity index (χ0n) is 16.8. The molecule has 0 fully saturated rings. The maximum absolute atomic E-state index is 12.5. The van der Waals surface area contributed by atoms with Gasteiger partial charge >= 0.3 is 0 Å². The molecule has 158 valence electrons. The Morgan fingerprint density at radius 3 is 2.17 bits per heavy atom. The first-order valence-corrected chi connectivity index (χ1v) is 11.5. The zero-order valence-corrected chi connectivity index (χ0v) is 18.4. The second kappa shape index (κ2) is 8.89. The summed E-state index contributed by atoms with van der Waals surface area (Å²) in [6.07, 6.45) is 1.81. The lowest BCUT2D eigenvalue weighted by atomic mass is 10.2. The van der Waals surface area contributed by atoms with Crippen LogP contribution in [0.5, 0.6) is 11.5 Å². The molecule has 1 amide bonds. The van der Waals surface area contributed by atoms with Gasteiger partial charge in [0.15, 0.2) is 9.84 Å². The minimum Gasteiger partial charge on any atom is -0.457 e. The summed E-state index contributed by atoms with van der Waals surface area (Å²) in [4.78, 5) is 12.7. The zero-order chi connectivity index (χ0) is 21.9. The summed E-state index contributed by atoms with van der Waals surface area (Å²) in [6, 6.07) is 13.4. The van der Waals surface area contributed by atoms with Crippen LogP contribution < -0.4 is 10.1 Å². The Morgan fingerprint density at radius 2 is 1.67 bits per heavy atom. The van der Waals surface area contributed by atoms with Crippen molar-refractivity contribution in [1.29, 1.82) is 0 Å². The van der Waals surface area contributed by atoms with Gasteiger partial charge in [0.1, 0.15) is 17.2 Å². The molecule has 30 heavy (non-hydrogen) atoms. The van der Waals surface area contributed by atoms with Crippen LogP contribution in [-0.4, -0.2) is 30.4 Å². The number of amides is 1. The van der Waals surface area contributed by atoms with E-state index in [1.54, 1.807) is 31.3 Å². The van der Waals surface area contributed by atoms with E-state index in [9.17, 15) is 13.2 Å². The first-order chi connectivity index (χ1) is 14.2. The number of nitrogens with zero attached hydrogens (tertiary/aromatic N) is 2. The summed E-state index contributed by atoms with van der Waals surface area (Å²) in [5.74, 6) is 0.835. The van der Waals surface area contributed by atoms with E-state index in [0.717, 1.165) is 11.8 Å². The third kappa shape index (κ3) is 5.01. The van der Waals surface area contributed by atoms with Gasteiger partial charge in [-0.15, -0.1) is 0 Å². The summed E-state index contributed by atoms with van der Waals surface area (Å²) < 4.78 is 30.2. The van der Waals surface area contributed by atoms with Crippen LogP contribution in [0.4, 0.5) is 0 Å². The number of aromatic nitrogens is 2. The number of hydrogen-bond donors (Lipinski definition) is 1. The standard InChI is InChI=1S/C21H22ClN3O4S/c1-4-18-19(22)20(25(2)24-18)21(26)23-13-14-5-7-15(8-6-14)29-16-9-11-17(12-10-16)30(3,27)28/h5-12H,4,13H2,1-3H3,(H,23,26). The molecule has 3 rings (SSSR count). The van der Waals surface area contributed by atoms with Gasteiger partial charge in [0, 0.05) is 19.8 Å². The summed E-state index contributed by atoms with van der Waals surface area (Å²) in [5, 5.41) is 7.47. The molecule has 2 aromatic carbocycles. The number of halogens is 1. The molecule has 0 atom stereocenters. The molecule has 0 aliphatic rings. The largest absolute Gasteiger partial charge is 0.457 e. The minimum atomic E-state index is -3.24. The third-order valence-corrected chi connectivity index (χ3v) is 6.00. The Kier molecular flexibility index (Phi) is 6.48. The lowest BCUT2D eigenvalue weighted by Crippen LogP contribution is -2.25. The van der Waals surface area contributed by atoms with E-state index in [1.165, 1.54) is 16.8 Å². The van der Waals surface area contributed by atoms with Crippen molar-refractivity contribution in [3.63, 3.8) is 0 Å². The van der Waals surface area contributed by atoms with E-state index >= 15 is 0 Å². The van der Waals surface area contributed by atoms with Crippen LogP contribution >= 0.6 is 11.6 Å². The first kappa shape index (κ1) is 21.9. The van der Waals surface area contributed by atoms with Gasteiger partial charge in [0.25, 0.3) is 5.91 Å². The lowest BCUT2D eigenvalue weighted by Gasteiger charge is -2.09. The topological polar surface area (TPSA) is 90.3 Å². The fraction of sp³-hybridized carbons (Fsp3) is 0.238. The summed E-state index contributed by atoms with van der Waals surface area (Å²) in [6.45, 7) is 2.25. The quantitative estimate of drug-likeness (QED) is 0.595. The molecule has 0 saturated heterocycles. The number of hydrogen-bond acceptors (Lipinski definition) is 5. The highest BCUT2D eigenvalue weighted by Crippen LogP contribution is 2.24. The van der Waals surface area contributed by atoms with Crippen LogP contribution in [0, 0.1) is 0 Å². The number of rotatable bonds is 7. The molecule has 0 aliphatic heterocycles. The van der Waals surface area contributed by atoms with E-state index in [0.29, 0.717) is 40.9 Å². The minimum absolute atomic E-state index is 0.237. The second-order valence-electron chi connectivity index (χ2n) is 6.76. The highest BCUT2D eigenvalue weighted by molar-refractivity contribution is 7.90. The summed E-state index contributed by atoms with van der Waals surface area (Å²) in [5.41, 5.74) is 1.92. The highest BCUT2D eigenvalue weighted by Gasteiger charge is 2.19. The number of carbonyl (C=O) groups is 1. The fourth-order valence-electron chi connectivity index (χ4n) is 2.86. The molecular formula is C21H22ClN3O4S. The Morgan fingerprint density at radius 1 is 1.10 bits per heavy atom. The van der Waals surface area contributed by atoms with Gasteiger partial charge in [-0.25, -0.2) is 8.42 Å². The van der Waals surface area contributed by atoms with Crippen molar-refractivity contribution in [2.24, 2.45) is 7.05 Å². The van der Waals surface area contributed by atoms with Crippen LogP contribution in [0.2, 0.25) is 5.02 Å². The molecule has 0 spiro atoms. The number of carbonyl (C=O) groups excluding carboxylic acids is 1. The van der Waals surface area contributed by atoms with Crippen molar-refractivity contribution in [2.45, 2.75) is 24.8 Å². The molecular weight excluding hydrogens is 426 g/mol. The van der Waals surface area contributed by atoms with Crippen LogP contribution in [-0.2, 0) is 29.9 Å². The normalized spacial score (nSPS) is 11.3.